The molecule has 0 heterocycles. The molecule has 0 bridgehead atoms. The van der Waals surface area contributed by atoms with Gasteiger partial charge in [-0.25, -0.2) is 0 Å². The number of hydrogen-bond donors (Lipinski definition) is 3. The minimum atomic E-state index is -0.0550. The SMILES string of the molecule is C=CCNC(=NCCC(=O)Nc1ccc(Br)cc1)NCC. The van der Waals surface area contributed by atoms with E-state index in [1.807, 2.05) is 31.2 Å². The second-order valence-electron chi connectivity index (χ2n) is 4.24. The number of halogens is 1. The summed E-state index contributed by atoms with van der Waals surface area (Å²) >= 11 is 3.35. The van der Waals surface area contributed by atoms with Gasteiger partial charge in [-0.2, -0.15) is 0 Å². The zero-order valence-electron chi connectivity index (χ0n) is 12.2. The molecule has 0 aliphatic carbocycles. The fourth-order valence-corrected chi connectivity index (χ4v) is 1.80. The number of aliphatic imine (C=N–C) groups is 1. The molecule has 0 radical (unpaired) electrons. The molecule has 0 saturated carbocycles. The molecule has 0 aliphatic rings. The summed E-state index contributed by atoms with van der Waals surface area (Å²) in [4.78, 5) is 16.1. The van der Waals surface area contributed by atoms with Gasteiger partial charge in [-0.05, 0) is 31.2 Å². The second kappa shape index (κ2) is 9.99. The van der Waals surface area contributed by atoms with Gasteiger partial charge in [-0.15, -0.1) is 6.58 Å². The number of carbonyl (C=O) groups excluding carboxylic acids is 1. The van der Waals surface area contributed by atoms with Crippen molar-refractivity contribution in [1.82, 2.24) is 10.6 Å². The van der Waals surface area contributed by atoms with Crippen LogP contribution in [0.5, 0.6) is 0 Å². The number of guanidine groups is 1. The Morgan fingerprint density at radius 3 is 2.67 bits per heavy atom. The van der Waals surface area contributed by atoms with Gasteiger partial charge in [0.15, 0.2) is 5.96 Å². The molecule has 1 amide bonds. The first kappa shape index (κ1) is 17.2. The van der Waals surface area contributed by atoms with Crippen molar-refractivity contribution in [1.29, 1.82) is 0 Å². The highest BCUT2D eigenvalue weighted by Gasteiger charge is 2.02. The molecule has 0 aliphatic heterocycles. The van der Waals surface area contributed by atoms with Crippen molar-refractivity contribution in [2.24, 2.45) is 4.99 Å². The van der Waals surface area contributed by atoms with E-state index in [-0.39, 0.29) is 5.91 Å². The van der Waals surface area contributed by atoms with Crippen LogP contribution in [0.1, 0.15) is 13.3 Å². The van der Waals surface area contributed by atoms with Crippen molar-refractivity contribution in [3.8, 4) is 0 Å². The molecule has 1 aromatic rings. The van der Waals surface area contributed by atoms with Crippen LogP contribution in [0.25, 0.3) is 0 Å². The molecular weight excluding hydrogens is 332 g/mol. The number of rotatable bonds is 7. The molecule has 1 aromatic carbocycles. The molecule has 0 saturated heterocycles. The predicted molar refractivity (Wildman–Crippen MR) is 91.6 cm³/mol. The molecule has 3 N–H and O–H groups in total. The molecule has 0 unspecified atom stereocenters. The van der Waals surface area contributed by atoms with Crippen molar-refractivity contribution >= 4 is 33.5 Å². The lowest BCUT2D eigenvalue weighted by molar-refractivity contribution is -0.116. The fourth-order valence-electron chi connectivity index (χ4n) is 1.54. The van der Waals surface area contributed by atoms with Crippen molar-refractivity contribution in [2.75, 3.05) is 25.0 Å². The summed E-state index contributed by atoms with van der Waals surface area (Å²) in [7, 11) is 0. The minimum absolute atomic E-state index is 0.0550. The summed E-state index contributed by atoms with van der Waals surface area (Å²) in [5.74, 6) is 0.634. The van der Waals surface area contributed by atoms with E-state index >= 15 is 0 Å². The largest absolute Gasteiger partial charge is 0.357 e. The van der Waals surface area contributed by atoms with Crippen LogP contribution < -0.4 is 16.0 Å². The summed E-state index contributed by atoms with van der Waals surface area (Å²) in [6, 6.07) is 7.47. The molecule has 5 nitrogen and oxygen atoms in total. The van der Waals surface area contributed by atoms with Gasteiger partial charge in [0.1, 0.15) is 0 Å². The van der Waals surface area contributed by atoms with Gasteiger partial charge in [-0.3, -0.25) is 9.79 Å². The summed E-state index contributed by atoms with van der Waals surface area (Å²) in [5, 5.41) is 9.02. The number of hydrogen-bond acceptors (Lipinski definition) is 2. The number of nitrogens with one attached hydrogen (secondary N) is 3. The van der Waals surface area contributed by atoms with Crippen LogP contribution in [0.4, 0.5) is 5.69 Å². The van der Waals surface area contributed by atoms with Crippen LogP contribution in [0.2, 0.25) is 0 Å². The van der Waals surface area contributed by atoms with E-state index in [0.717, 1.165) is 16.7 Å². The molecule has 21 heavy (non-hydrogen) atoms. The first-order chi connectivity index (χ1) is 10.2. The van der Waals surface area contributed by atoms with Crippen molar-refractivity contribution in [3.05, 3.63) is 41.4 Å². The van der Waals surface area contributed by atoms with Gasteiger partial charge in [0, 0.05) is 29.7 Å². The highest BCUT2D eigenvalue weighted by molar-refractivity contribution is 9.10. The second-order valence-corrected chi connectivity index (χ2v) is 5.15. The zero-order valence-corrected chi connectivity index (χ0v) is 13.7. The van der Waals surface area contributed by atoms with Gasteiger partial charge in [-0.1, -0.05) is 22.0 Å². The van der Waals surface area contributed by atoms with Gasteiger partial charge in [0.05, 0.1) is 6.54 Å². The molecule has 114 valence electrons. The molecule has 0 fully saturated rings. The maximum Gasteiger partial charge on any atom is 0.226 e. The smallest absolute Gasteiger partial charge is 0.226 e. The lowest BCUT2D eigenvalue weighted by atomic mass is 10.3. The monoisotopic (exact) mass is 352 g/mol. The van der Waals surface area contributed by atoms with Crippen LogP contribution >= 0.6 is 15.9 Å². The van der Waals surface area contributed by atoms with Crippen molar-refractivity contribution in [3.63, 3.8) is 0 Å². The first-order valence-corrected chi connectivity index (χ1v) is 7.63. The van der Waals surface area contributed by atoms with Crippen LogP contribution in [0.15, 0.2) is 46.4 Å². The highest BCUT2D eigenvalue weighted by Crippen LogP contribution is 2.14. The Bertz CT molecular complexity index is 485. The Morgan fingerprint density at radius 2 is 2.05 bits per heavy atom. The average Bonchev–Trinajstić information content (AvgIpc) is 2.47. The van der Waals surface area contributed by atoms with E-state index in [0.29, 0.717) is 25.5 Å². The van der Waals surface area contributed by atoms with Gasteiger partial charge in [0.25, 0.3) is 0 Å². The third-order valence-corrected chi connectivity index (χ3v) is 3.02. The molecule has 0 atom stereocenters. The van der Waals surface area contributed by atoms with E-state index in [9.17, 15) is 4.79 Å². The van der Waals surface area contributed by atoms with Crippen LogP contribution in [0.3, 0.4) is 0 Å². The summed E-state index contributed by atoms with van der Waals surface area (Å²) in [6.45, 7) is 7.47. The topological polar surface area (TPSA) is 65.5 Å². The predicted octanol–water partition coefficient (Wildman–Crippen LogP) is 2.52. The fraction of sp³-hybridized carbons (Fsp3) is 0.333. The first-order valence-electron chi connectivity index (χ1n) is 6.84. The Kier molecular flexibility index (Phi) is 8.19. The van der Waals surface area contributed by atoms with Crippen molar-refractivity contribution < 1.29 is 4.79 Å². The van der Waals surface area contributed by atoms with Gasteiger partial charge >= 0.3 is 0 Å². The van der Waals surface area contributed by atoms with E-state index in [1.165, 1.54) is 0 Å². The number of nitrogens with zero attached hydrogens (tertiary/aromatic N) is 1. The number of anilines is 1. The van der Waals surface area contributed by atoms with E-state index in [2.05, 4.69) is 43.5 Å². The molecule has 0 aromatic heterocycles. The maximum absolute atomic E-state index is 11.8. The molecule has 6 heteroatoms. The Morgan fingerprint density at radius 1 is 1.33 bits per heavy atom. The number of benzene rings is 1. The normalized spacial score (nSPS) is 10.9. The standard InChI is InChI=1S/C15H21BrN4O/c1-3-10-18-15(17-4-2)19-11-9-14(21)20-13-7-5-12(16)6-8-13/h3,5-8H,1,4,9-11H2,2H3,(H,20,21)(H2,17,18,19). The Balaban J connectivity index is 2.39. The van der Waals surface area contributed by atoms with Gasteiger partial charge in [0.2, 0.25) is 5.91 Å². The quantitative estimate of drug-likeness (QED) is 0.401. The number of amides is 1. The third kappa shape index (κ3) is 7.51. The van der Waals surface area contributed by atoms with E-state index in [4.69, 9.17) is 0 Å². The summed E-state index contributed by atoms with van der Waals surface area (Å²) in [6.07, 6.45) is 2.09. The molecular formula is C15H21BrN4O. The summed E-state index contributed by atoms with van der Waals surface area (Å²) in [5.41, 5.74) is 0.781. The van der Waals surface area contributed by atoms with Crippen LogP contribution in [-0.4, -0.2) is 31.5 Å². The zero-order chi connectivity index (χ0) is 15.5. The number of carbonyl (C=O) groups is 1. The molecule has 0 spiro atoms. The van der Waals surface area contributed by atoms with E-state index < -0.39 is 0 Å². The summed E-state index contributed by atoms with van der Waals surface area (Å²) < 4.78 is 0.980. The lowest BCUT2D eigenvalue weighted by Gasteiger charge is -2.09. The van der Waals surface area contributed by atoms with E-state index in [1.54, 1.807) is 6.08 Å². The van der Waals surface area contributed by atoms with Crippen molar-refractivity contribution in [2.45, 2.75) is 13.3 Å². The minimum Gasteiger partial charge on any atom is -0.357 e. The molecule has 1 rings (SSSR count). The van der Waals surface area contributed by atoms with Crippen LogP contribution in [0, 0.1) is 0 Å². The lowest BCUT2D eigenvalue weighted by Crippen LogP contribution is -2.37. The Hall–Kier alpha value is -1.82. The average molecular weight is 353 g/mol. The van der Waals surface area contributed by atoms with Crippen LogP contribution in [-0.2, 0) is 4.79 Å². The Labute approximate surface area is 134 Å². The maximum atomic E-state index is 11.8. The van der Waals surface area contributed by atoms with Gasteiger partial charge < -0.3 is 16.0 Å². The third-order valence-electron chi connectivity index (χ3n) is 2.49. The highest BCUT2D eigenvalue weighted by atomic mass is 79.9.